The van der Waals surface area contributed by atoms with Crippen molar-refractivity contribution in [2.75, 3.05) is 6.54 Å². The van der Waals surface area contributed by atoms with Crippen molar-refractivity contribution in [2.24, 2.45) is 29.6 Å². The van der Waals surface area contributed by atoms with Crippen molar-refractivity contribution in [2.45, 2.75) is 51.4 Å². The van der Waals surface area contributed by atoms with E-state index in [9.17, 15) is 9.59 Å². The molecule has 1 aliphatic heterocycles. The van der Waals surface area contributed by atoms with Crippen molar-refractivity contribution >= 4 is 11.8 Å². The molecule has 104 valence electrons. The average molecular weight is 261 g/mol. The fourth-order valence-electron chi connectivity index (χ4n) is 5.28. The lowest BCUT2D eigenvalue weighted by Gasteiger charge is -2.26. The Morgan fingerprint density at radius 3 is 2.00 bits per heavy atom. The highest BCUT2D eigenvalue weighted by atomic mass is 16.2. The van der Waals surface area contributed by atoms with Gasteiger partial charge in [-0.15, -0.1) is 0 Å². The summed E-state index contributed by atoms with van der Waals surface area (Å²) in [6.45, 7) is 0.726. The molecule has 0 N–H and O–H groups in total. The van der Waals surface area contributed by atoms with Crippen LogP contribution in [0.1, 0.15) is 51.4 Å². The monoisotopic (exact) mass is 261 g/mol. The summed E-state index contributed by atoms with van der Waals surface area (Å²) >= 11 is 0. The molecule has 2 amide bonds. The number of hydrogen-bond donors (Lipinski definition) is 0. The lowest BCUT2D eigenvalue weighted by molar-refractivity contribution is -0.141. The van der Waals surface area contributed by atoms with E-state index in [1.54, 1.807) is 4.90 Å². The van der Waals surface area contributed by atoms with Crippen LogP contribution in [-0.2, 0) is 9.59 Å². The van der Waals surface area contributed by atoms with E-state index in [0.717, 1.165) is 13.0 Å². The molecule has 3 heteroatoms. The van der Waals surface area contributed by atoms with Gasteiger partial charge in [0, 0.05) is 6.54 Å². The van der Waals surface area contributed by atoms with E-state index < -0.39 is 0 Å². The Bertz CT molecular complexity index is 385. The van der Waals surface area contributed by atoms with Crippen LogP contribution in [0.3, 0.4) is 0 Å². The third-order valence-corrected chi connectivity index (χ3v) is 6.18. The number of likely N-dealkylation sites (tertiary alicyclic amines) is 1. The molecule has 0 aromatic rings. The summed E-state index contributed by atoms with van der Waals surface area (Å²) in [7, 11) is 0. The fraction of sp³-hybridized carbons (Fsp3) is 0.875. The molecule has 1 heterocycles. The second-order valence-electron chi connectivity index (χ2n) is 7.18. The molecule has 4 rings (SSSR count). The predicted molar refractivity (Wildman–Crippen MR) is 71.1 cm³/mol. The first kappa shape index (κ1) is 11.9. The molecule has 3 nitrogen and oxygen atoms in total. The molecule has 3 saturated carbocycles. The van der Waals surface area contributed by atoms with Gasteiger partial charge in [0.05, 0.1) is 11.8 Å². The summed E-state index contributed by atoms with van der Waals surface area (Å²) in [6.07, 6.45) is 9.80. The van der Waals surface area contributed by atoms with Crippen LogP contribution in [0.25, 0.3) is 0 Å². The van der Waals surface area contributed by atoms with Crippen molar-refractivity contribution in [1.29, 1.82) is 0 Å². The van der Waals surface area contributed by atoms with Crippen molar-refractivity contribution in [3.05, 3.63) is 0 Å². The zero-order chi connectivity index (χ0) is 13.0. The van der Waals surface area contributed by atoms with Crippen molar-refractivity contribution in [3.8, 4) is 0 Å². The first-order chi connectivity index (χ1) is 9.25. The van der Waals surface area contributed by atoms with Crippen molar-refractivity contribution < 1.29 is 9.59 Å². The number of fused-ring (bicyclic) bond motifs is 5. The highest BCUT2D eigenvalue weighted by Crippen LogP contribution is 2.56. The summed E-state index contributed by atoms with van der Waals surface area (Å²) in [4.78, 5) is 26.8. The summed E-state index contributed by atoms with van der Waals surface area (Å²) in [5.74, 6) is 2.17. The lowest BCUT2D eigenvalue weighted by Crippen LogP contribution is -2.37. The number of carbonyl (C=O) groups is 2. The Hall–Kier alpha value is -0.860. The van der Waals surface area contributed by atoms with E-state index in [-0.39, 0.29) is 23.7 Å². The number of rotatable bonds is 2. The van der Waals surface area contributed by atoms with Crippen molar-refractivity contribution in [3.63, 3.8) is 0 Å². The fourth-order valence-corrected chi connectivity index (χ4v) is 5.28. The molecule has 4 unspecified atom stereocenters. The van der Waals surface area contributed by atoms with Gasteiger partial charge in [0.2, 0.25) is 11.8 Å². The van der Waals surface area contributed by atoms with Crippen molar-refractivity contribution in [1.82, 2.24) is 4.90 Å². The van der Waals surface area contributed by atoms with Gasteiger partial charge in [-0.3, -0.25) is 14.5 Å². The Balaban J connectivity index is 1.51. The van der Waals surface area contributed by atoms with E-state index >= 15 is 0 Å². The lowest BCUT2D eigenvalue weighted by atomic mass is 9.81. The topological polar surface area (TPSA) is 37.4 Å². The minimum Gasteiger partial charge on any atom is -0.282 e. The number of hydrogen-bond acceptors (Lipinski definition) is 2. The van der Waals surface area contributed by atoms with Crippen LogP contribution in [-0.4, -0.2) is 23.3 Å². The van der Waals surface area contributed by atoms with Gasteiger partial charge in [-0.2, -0.15) is 0 Å². The minimum atomic E-state index is 0.0786. The van der Waals surface area contributed by atoms with E-state index in [1.807, 2.05) is 0 Å². The highest BCUT2D eigenvalue weighted by Gasteiger charge is 2.60. The SMILES string of the molecule is O=C1C2C3CCC(C3)C2C(=O)N1CC1CCCCC1. The average Bonchev–Trinajstić information content (AvgIpc) is 3.10. The molecule has 0 radical (unpaired) electrons. The molecule has 4 fully saturated rings. The van der Waals surface area contributed by atoms with Crippen LogP contribution in [0.4, 0.5) is 0 Å². The normalized spacial score (nSPS) is 42.2. The third kappa shape index (κ3) is 1.70. The van der Waals surface area contributed by atoms with Crippen LogP contribution >= 0.6 is 0 Å². The maximum absolute atomic E-state index is 12.6. The largest absolute Gasteiger partial charge is 0.282 e. The van der Waals surface area contributed by atoms with E-state index in [0.29, 0.717) is 17.8 Å². The quantitative estimate of drug-likeness (QED) is 0.716. The molecule has 4 aliphatic rings. The van der Waals surface area contributed by atoms with Gasteiger partial charge >= 0.3 is 0 Å². The Kier molecular flexibility index (Phi) is 2.71. The second-order valence-corrected chi connectivity index (χ2v) is 7.18. The van der Waals surface area contributed by atoms with Gasteiger partial charge in [-0.1, -0.05) is 19.3 Å². The maximum Gasteiger partial charge on any atom is 0.233 e. The Labute approximate surface area is 114 Å². The Morgan fingerprint density at radius 1 is 0.842 bits per heavy atom. The Morgan fingerprint density at radius 2 is 1.42 bits per heavy atom. The van der Waals surface area contributed by atoms with E-state index in [4.69, 9.17) is 0 Å². The number of imide groups is 1. The first-order valence-corrected chi connectivity index (χ1v) is 8.11. The van der Waals surface area contributed by atoms with Crippen LogP contribution in [0, 0.1) is 29.6 Å². The summed E-state index contributed by atoms with van der Waals surface area (Å²) < 4.78 is 0. The zero-order valence-electron chi connectivity index (χ0n) is 11.5. The van der Waals surface area contributed by atoms with Gasteiger partial charge in [0.15, 0.2) is 0 Å². The maximum atomic E-state index is 12.6. The van der Waals surface area contributed by atoms with Crippen LogP contribution in [0.2, 0.25) is 0 Å². The summed E-state index contributed by atoms with van der Waals surface area (Å²) in [6, 6.07) is 0. The van der Waals surface area contributed by atoms with Gasteiger partial charge in [-0.25, -0.2) is 0 Å². The molecule has 0 spiro atoms. The molecule has 0 aromatic carbocycles. The van der Waals surface area contributed by atoms with Gasteiger partial charge in [-0.05, 0) is 49.9 Å². The van der Waals surface area contributed by atoms with Gasteiger partial charge in [0.1, 0.15) is 0 Å². The van der Waals surface area contributed by atoms with Crippen LogP contribution < -0.4 is 0 Å². The van der Waals surface area contributed by atoms with Crippen LogP contribution in [0.15, 0.2) is 0 Å². The molecule has 0 aromatic heterocycles. The van der Waals surface area contributed by atoms with E-state index in [2.05, 4.69) is 0 Å². The van der Waals surface area contributed by atoms with Gasteiger partial charge < -0.3 is 0 Å². The molecular formula is C16H23NO2. The molecule has 3 aliphatic carbocycles. The van der Waals surface area contributed by atoms with E-state index in [1.165, 1.54) is 44.9 Å². The number of nitrogens with zero attached hydrogens (tertiary/aromatic N) is 1. The minimum absolute atomic E-state index is 0.0786. The second kappa shape index (κ2) is 4.32. The first-order valence-electron chi connectivity index (χ1n) is 8.11. The smallest absolute Gasteiger partial charge is 0.233 e. The predicted octanol–water partition coefficient (Wildman–Crippen LogP) is 2.60. The summed E-state index contributed by atoms with van der Waals surface area (Å²) in [5, 5.41) is 0. The standard InChI is InChI=1S/C16H23NO2/c18-15-13-11-6-7-12(8-11)14(13)16(19)17(15)9-10-4-2-1-3-5-10/h10-14H,1-9H2. The highest BCUT2D eigenvalue weighted by molar-refractivity contribution is 6.06. The zero-order valence-corrected chi connectivity index (χ0v) is 11.5. The third-order valence-electron chi connectivity index (χ3n) is 6.18. The van der Waals surface area contributed by atoms with Gasteiger partial charge in [0.25, 0.3) is 0 Å². The number of carbonyl (C=O) groups excluding carboxylic acids is 2. The molecule has 1 saturated heterocycles. The summed E-state index contributed by atoms with van der Waals surface area (Å²) in [5.41, 5.74) is 0. The molecular weight excluding hydrogens is 238 g/mol. The number of amides is 2. The molecule has 2 bridgehead atoms. The molecule has 19 heavy (non-hydrogen) atoms. The van der Waals surface area contributed by atoms with Crippen LogP contribution in [0.5, 0.6) is 0 Å². The molecule has 4 atom stereocenters.